The molecule has 0 saturated heterocycles. The highest BCUT2D eigenvalue weighted by molar-refractivity contribution is 6.04. The first-order valence-corrected chi connectivity index (χ1v) is 8.15. The normalized spacial score (nSPS) is 9.96. The van der Waals surface area contributed by atoms with Crippen LogP contribution in [0.4, 0.5) is 17.3 Å². The molecule has 3 rings (SSSR count). The van der Waals surface area contributed by atoms with Crippen LogP contribution in [0.5, 0.6) is 5.75 Å². The summed E-state index contributed by atoms with van der Waals surface area (Å²) in [4.78, 5) is 20.8. The van der Waals surface area contributed by atoms with E-state index in [0.29, 0.717) is 34.2 Å². The van der Waals surface area contributed by atoms with Gasteiger partial charge in [0.05, 0.1) is 29.6 Å². The number of methoxy groups -OCH3 is 1. The molecule has 134 valence electrons. The molecule has 0 saturated carbocycles. The van der Waals surface area contributed by atoms with Crippen molar-refractivity contribution in [2.75, 3.05) is 17.7 Å². The molecule has 0 fully saturated rings. The molecule has 0 aliphatic rings. The summed E-state index contributed by atoms with van der Waals surface area (Å²) in [6, 6.07) is 14.6. The Bertz CT molecular complexity index is 1010. The van der Waals surface area contributed by atoms with Gasteiger partial charge in [-0.2, -0.15) is 5.26 Å². The molecule has 27 heavy (non-hydrogen) atoms. The van der Waals surface area contributed by atoms with E-state index in [1.807, 2.05) is 19.1 Å². The van der Waals surface area contributed by atoms with Crippen molar-refractivity contribution in [2.45, 2.75) is 6.92 Å². The lowest BCUT2D eigenvalue weighted by molar-refractivity contribution is 0.102. The van der Waals surface area contributed by atoms with Crippen LogP contribution in [0.25, 0.3) is 0 Å². The van der Waals surface area contributed by atoms with Gasteiger partial charge in [-0.15, -0.1) is 0 Å². The van der Waals surface area contributed by atoms with Crippen LogP contribution in [0.1, 0.15) is 21.5 Å². The highest BCUT2D eigenvalue weighted by Gasteiger charge is 2.12. The smallest absolute Gasteiger partial charge is 0.258 e. The van der Waals surface area contributed by atoms with Gasteiger partial charge in [-0.05, 0) is 36.8 Å². The molecule has 2 aromatic carbocycles. The molecule has 1 heterocycles. The maximum Gasteiger partial charge on any atom is 0.258 e. The van der Waals surface area contributed by atoms with Gasteiger partial charge in [0.2, 0.25) is 5.95 Å². The van der Waals surface area contributed by atoms with Crippen LogP contribution in [0.3, 0.4) is 0 Å². The SMILES string of the molecule is COc1ccc(C)cc1NC(=O)c1cnc(Nc2ccccc2C#N)nc1. The molecule has 7 nitrogen and oxygen atoms in total. The highest BCUT2D eigenvalue weighted by atomic mass is 16.5. The van der Waals surface area contributed by atoms with E-state index >= 15 is 0 Å². The number of benzene rings is 2. The Labute approximate surface area is 156 Å². The first-order valence-electron chi connectivity index (χ1n) is 8.15. The van der Waals surface area contributed by atoms with Gasteiger partial charge in [0.15, 0.2) is 0 Å². The van der Waals surface area contributed by atoms with Crippen LogP contribution in [0.15, 0.2) is 54.9 Å². The Kier molecular flexibility index (Phi) is 5.28. The predicted molar refractivity (Wildman–Crippen MR) is 102 cm³/mol. The number of hydrogen-bond donors (Lipinski definition) is 2. The van der Waals surface area contributed by atoms with E-state index < -0.39 is 0 Å². The summed E-state index contributed by atoms with van der Waals surface area (Å²) >= 11 is 0. The first kappa shape index (κ1) is 17.9. The van der Waals surface area contributed by atoms with Gasteiger partial charge in [0.1, 0.15) is 11.8 Å². The van der Waals surface area contributed by atoms with Crippen LogP contribution in [-0.2, 0) is 0 Å². The van der Waals surface area contributed by atoms with Crippen molar-refractivity contribution in [3.05, 3.63) is 71.5 Å². The van der Waals surface area contributed by atoms with Crippen LogP contribution in [-0.4, -0.2) is 23.0 Å². The van der Waals surface area contributed by atoms with Gasteiger partial charge < -0.3 is 15.4 Å². The number of carbonyl (C=O) groups is 1. The number of nitrogens with zero attached hydrogens (tertiary/aromatic N) is 3. The van der Waals surface area contributed by atoms with E-state index in [2.05, 4.69) is 26.7 Å². The predicted octanol–water partition coefficient (Wildman–Crippen LogP) is 3.66. The minimum atomic E-state index is -0.345. The molecular formula is C20H17N5O2. The maximum atomic E-state index is 12.5. The van der Waals surface area contributed by atoms with Gasteiger partial charge in [-0.3, -0.25) is 4.79 Å². The molecule has 0 spiro atoms. The zero-order valence-electron chi connectivity index (χ0n) is 14.9. The number of anilines is 3. The fraction of sp³-hybridized carbons (Fsp3) is 0.100. The Hall–Kier alpha value is -3.92. The molecule has 1 aromatic heterocycles. The third-order valence-corrected chi connectivity index (χ3v) is 3.81. The van der Waals surface area contributed by atoms with Crippen molar-refractivity contribution in [2.24, 2.45) is 0 Å². The molecular weight excluding hydrogens is 342 g/mol. The van der Waals surface area contributed by atoms with E-state index in [4.69, 9.17) is 10.00 Å². The van der Waals surface area contributed by atoms with Crippen LogP contribution < -0.4 is 15.4 Å². The number of nitrogens with one attached hydrogen (secondary N) is 2. The Balaban J connectivity index is 1.75. The lowest BCUT2D eigenvalue weighted by Gasteiger charge is -2.11. The topological polar surface area (TPSA) is 99.9 Å². The van der Waals surface area contributed by atoms with Gasteiger partial charge in [0, 0.05) is 12.4 Å². The second-order valence-electron chi connectivity index (χ2n) is 5.74. The zero-order valence-corrected chi connectivity index (χ0v) is 14.9. The third-order valence-electron chi connectivity index (χ3n) is 3.81. The van der Waals surface area contributed by atoms with Crippen molar-refractivity contribution in [1.82, 2.24) is 9.97 Å². The molecule has 0 aliphatic heterocycles. The molecule has 0 bridgehead atoms. The number of para-hydroxylation sites is 1. The van der Waals surface area contributed by atoms with E-state index in [1.54, 1.807) is 37.4 Å². The minimum absolute atomic E-state index is 0.294. The molecule has 2 N–H and O–H groups in total. The first-order chi connectivity index (χ1) is 13.1. The molecule has 0 atom stereocenters. The summed E-state index contributed by atoms with van der Waals surface area (Å²) < 4.78 is 5.26. The van der Waals surface area contributed by atoms with Crippen molar-refractivity contribution in [1.29, 1.82) is 5.26 Å². The van der Waals surface area contributed by atoms with E-state index in [0.717, 1.165) is 5.56 Å². The van der Waals surface area contributed by atoms with Crippen LogP contribution in [0, 0.1) is 18.3 Å². The quantitative estimate of drug-likeness (QED) is 0.721. The van der Waals surface area contributed by atoms with Crippen LogP contribution >= 0.6 is 0 Å². The van der Waals surface area contributed by atoms with Crippen molar-refractivity contribution < 1.29 is 9.53 Å². The number of hydrogen-bond acceptors (Lipinski definition) is 6. The standard InChI is InChI=1S/C20H17N5O2/c1-13-7-8-18(27-2)17(9-13)24-19(26)15-11-22-20(23-12-15)25-16-6-4-3-5-14(16)10-21/h3-9,11-12H,1-2H3,(H,24,26)(H,22,23,25). The second kappa shape index (κ2) is 7.97. The summed E-state index contributed by atoms with van der Waals surface area (Å²) in [5.74, 6) is 0.520. The fourth-order valence-corrected chi connectivity index (χ4v) is 2.43. The number of aromatic nitrogens is 2. The summed E-state index contributed by atoms with van der Waals surface area (Å²) in [6.45, 7) is 1.93. The van der Waals surface area contributed by atoms with Gasteiger partial charge >= 0.3 is 0 Å². The van der Waals surface area contributed by atoms with Gasteiger partial charge in [-0.1, -0.05) is 18.2 Å². The fourth-order valence-electron chi connectivity index (χ4n) is 2.43. The van der Waals surface area contributed by atoms with Crippen LogP contribution in [0.2, 0.25) is 0 Å². The number of carbonyl (C=O) groups excluding carboxylic acids is 1. The minimum Gasteiger partial charge on any atom is -0.495 e. The largest absolute Gasteiger partial charge is 0.495 e. The van der Waals surface area contributed by atoms with Crippen molar-refractivity contribution in [3.63, 3.8) is 0 Å². The zero-order chi connectivity index (χ0) is 19.2. The van der Waals surface area contributed by atoms with Gasteiger partial charge in [-0.25, -0.2) is 9.97 Å². The van der Waals surface area contributed by atoms with E-state index in [9.17, 15) is 4.79 Å². The monoisotopic (exact) mass is 359 g/mol. The number of aryl methyl sites for hydroxylation is 1. The number of nitriles is 1. The molecule has 0 radical (unpaired) electrons. The Morgan fingerprint density at radius 3 is 2.56 bits per heavy atom. The maximum absolute atomic E-state index is 12.5. The highest BCUT2D eigenvalue weighted by Crippen LogP contribution is 2.25. The lowest BCUT2D eigenvalue weighted by Crippen LogP contribution is -2.14. The molecule has 7 heteroatoms. The number of amides is 1. The second-order valence-corrected chi connectivity index (χ2v) is 5.74. The van der Waals surface area contributed by atoms with Crippen molar-refractivity contribution >= 4 is 23.2 Å². The molecule has 1 amide bonds. The third kappa shape index (κ3) is 4.19. The molecule has 0 aliphatic carbocycles. The van der Waals surface area contributed by atoms with Crippen molar-refractivity contribution in [3.8, 4) is 11.8 Å². The molecule has 0 unspecified atom stereocenters. The van der Waals surface area contributed by atoms with Gasteiger partial charge in [0.25, 0.3) is 5.91 Å². The van der Waals surface area contributed by atoms with E-state index in [1.165, 1.54) is 12.4 Å². The molecule has 3 aromatic rings. The average Bonchev–Trinajstić information content (AvgIpc) is 2.69. The Morgan fingerprint density at radius 1 is 1.11 bits per heavy atom. The summed E-state index contributed by atoms with van der Waals surface area (Å²) in [6.07, 6.45) is 2.84. The summed E-state index contributed by atoms with van der Waals surface area (Å²) in [5.41, 5.74) is 2.96. The summed E-state index contributed by atoms with van der Waals surface area (Å²) in [7, 11) is 1.54. The average molecular weight is 359 g/mol. The lowest BCUT2D eigenvalue weighted by atomic mass is 10.2. The van der Waals surface area contributed by atoms with E-state index in [-0.39, 0.29) is 5.91 Å². The number of ether oxygens (including phenoxy) is 1. The number of rotatable bonds is 5. The Morgan fingerprint density at radius 2 is 1.85 bits per heavy atom. The summed E-state index contributed by atoms with van der Waals surface area (Å²) in [5, 5.41) is 14.9.